The van der Waals surface area contributed by atoms with Gasteiger partial charge in [-0.1, -0.05) is 0 Å². The molecule has 0 radical (unpaired) electrons. The van der Waals surface area contributed by atoms with Crippen LogP contribution in [0.5, 0.6) is 5.75 Å². The second-order valence-corrected chi connectivity index (χ2v) is 7.85. The van der Waals surface area contributed by atoms with Crippen LogP contribution in [-0.2, 0) is 14.8 Å². The summed E-state index contributed by atoms with van der Waals surface area (Å²) >= 11 is 0. The van der Waals surface area contributed by atoms with Crippen molar-refractivity contribution in [3.63, 3.8) is 0 Å². The van der Waals surface area contributed by atoms with Gasteiger partial charge in [0.15, 0.2) is 0 Å². The van der Waals surface area contributed by atoms with E-state index in [2.05, 4.69) is 5.32 Å². The van der Waals surface area contributed by atoms with Crippen LogP contribution in [0.4, 0.5) is 5.69 Å². The second-order valence-electron chi connectivity index (χ2n) is 5.77. The van der Waals surface area contributed by atoms with E-state index in [9.17, 15) is 18.0 Å². The average molecular weight is 396 g/mol. The Labute approximate surface area is 156 Å². The van der Waals surface area contributed by atoms with E-state index in [0.29, 0.717) is 17.9 Å². The molecule has 27 heavy (non-hydrogen) atoms. The van der Waals surface area contributed by atoms with Crippen molar-refractivity contribution >= 4 is 27.6 Å². The molecule has 1 heterocycles. The number of amides is 1. The van der Waals surface area contributed by atoms with Gasteiger partial charge in [-0.25, -0.2) is 12.7 Å². The number of benzene rings is 1. The molecule has 1 amide bonds. The number of furan rings is 1. The molecule has 0 unspecified atom stereocenters. The van der Waals surface area contributed by atoms with Gasteiger partial charge in [-0.05, 0) is 30.7 Å². The lowest BCUT2D eigenvalue weighted by molar-refractivity contribution is -0.137. The Bertz CT molecular complexity index is 902. The molecular formula is C17H20N2O7S. The van der Waals surface area contributed by atoms with Crippen molar-refractivity contribution in [2.75, 3.05) is 26.0 Å². The molecule has 0 aliphatic rings. The van der Waals surface area contributed by atoms with E-state index in [1.54, 1.807) is 24.3 Å². The summed E-state index contributed by atoms with van der Waals surface area (Å²) in [6.45, 7) is 0.274. The van der Waals surface area contributed by atoms with E-state index in [0.717, 1.165) is 16.6 Å². The first-order valence-corrected chi connectivity index (χ1v) is 9.41. The summed E-state index contributed by atoms with van der Waals surface area (Å²) in [5.41, 5.74) is 0.556. The lowest BCUT2D eigenvalue weighted by Crippen LogP contribution is -2.21. The van der Waals surface area contributed by atoms with Crippen molar-refractivity contribution in [3.8, 4) is 5.75 Å². The van der Waals surface area contributed by atoms with Crippen LogP contribution in [0.2, 0.25) is 0 Å². The van der Waals surface area contributed by atoms with Gasteiger partial charge in [-0.15, -0.1) is 0 Å². The molecule has 2 aromatic rings. The number of carbonyl (C=O) groups excluding carboxylic acids is 1. The largest absolute Gasteiger partial charge is 0.494 e. The summed E-state index contributed by atoms with van der Waals surface area (Å²) in [4.78, 5) is 22.6. The number of rotatable bonds is 9. The number of nitrogens with zero attached hydrogens (tertiary/aromatic N) is 1. The summed E-state index contributed by atoms with van der Waals surface area (Å²) in [5.74, 6) is -0.854. The molecule has 2 N–H and O–H groups in total. The van der Waals surface area contributed by atoms with Gasteiger partial charge in [-0.2, -0.15) is 0 Å². The second kappa shape index (κ2) is 8.69. The summed E-state index contributed by atoms with van der Waals surface area (Å²) in [6.07, 6.45) is 1.50. The normalized spacial score (nSPS) is 11.4. The Balaban J connectivity index is 1.94. The maximum absolute atomic E-state index is 12.2. The smallest absolute Gasteiger partial charge is 0.303 e. The number of aliphatic carboxylic acids is 1. The van der Waals surface area contributed by atoms with Gasteiger partial charge < -0.3 is 19.6 Å². The van der Waals surface area contributed by atoms with Gasteiger partial charge in [0.05, 0.1) is 12.2 Å². The van der Waals surface area contributed by atoms with E-state index in [1.807, 2.05) is 0 Å². The zero-order valence-electron chi connectivity index (χ0n) is 14.8. The highest BCUT2D eigenvalue weighted by molar-refractivity contribution is 7.88. The molecule has 1 aromatic carbocycles. The molecule has 0 bridgehead atoms. The van der Waals surface area contributed by atoms with Crippen LogP contribution >= 0.6 is 0 Å². The molecule has 146 valence electrons. The van der Waals surface area contributed by atoms with Crippen LogP contribution in [0.1, 0.15) is 23.2 Å². The molecule has 0 saturated carbocycles. The van der Waals surface area contributed by atoms with Crippen LogP contribution in [0, 0.1) is 0 Å². The first kappa shape index (κ1) is 20.5. The first-order chi connectivity index (χ1) is 12.7. The quantitative estimate of drug-likeness (QED) is 0.621. The zero-order valence-corrected chi connectivity index (χ0v) is 15.7. The fourth-order valence-corrected chi connectivity index (χ4v) is 2.81. The van der Waals surface area contributed by atoms with Crippen molar-refractivity contribution < 1.29 is 32.3 Å². The Morgan fingerprint density at radius 3 is 2.48 bits per heavy atom. The molecular weight excluding hydrogens is 376 g/mol. The third-order valence-electron chi connectivity index (χ3n) is 3.49. The number of nitrogens with one attached hydrogen (secondary N) is 1. The minimum Gasteiger partial charge on any atom is -0.494 e. The number of hydrogen-bond donors (Lipinski definition) is 2. The average Bonchev–Trinajstić information content (AvgIpc) is 3.11. The molecule has 9 nitrogen and oxygen atoms in total. The number of ether oxygens (including phenoxy) is 1. The van der Waals surface area contributed by atoms with Crippen molar-refractivity contribution in [3.05, 3.63) is 42.2 Å². The third kappa shape index (κ3) is 5.56. The van der Waals surface area contributed by atoms with Crippen LogP contribution in [-0.4, -0.2) is 50.4 Å². The van der Waals surface area contributed by atoms with Gasteiger partial charge in [0.1, 0.15) is 12.0 Å². The Morgan fingerprint density at radius 1 is 1.22 bits per heavy atom. The van der Waals surface area contributed by atoms with Crippen LogP contribution in [0.3, 0.4) is 0 Å². The Kier molecular flexibility index (Phi) is 6.59. The topological polar surface area (TPSA) is 126 Å². The number of anilines is 1. The van der Waals surface area contributed by atoms with E-state index in [1.165, 1.54) is 14.1 Å². The summed E-state index contributed by atoms with van der Waals surface area (Å²) in [5, 5.41) is 10.9. The number of hydrogen-bond acceptors (Lipinski definition) is 6. The maximum atomic E-state index is 12.2. The highest BCUT2D eigenvalue weighted by atomic mass is 32.2. The molecule has 1 aromatic heterocycles. The zero-order chi connectivity index (χ0) is 20.0. The van der Waals surface area contributed by atoms with Crippen molar-refractivity contribution in [1.82, 2.24) is 4.31 Å². The SMILES string of the molecule is CN(C)S(=O)(=O)c1cc(C(=O)Nc2ccc(OCCCC(=O)O)cc2)co1. The van der Waals surface area contributed by atoms with E-state index in [4.69, 9.17) is 14.3 Å². The molecule has 0 atom stereocenters. The van der Waals surface area contributed by atoms with Gasteiger partial charge in [0, 0.05) is 32.3 Å². The molecule has 0 saturated heterocycles. The Morgan fingerprint density at radius 2 is 1.89 bits per heavy atom. The number of carbonyl (C=O) groups is 2. The molecule has 0 spiro atoms. The monoisotopic (exact) mass is 396 g/mol. The minimum absolute atomic E-state index is 0.0321. The van der Waals surface area contributed by atoms with Gasteiger partial charge in [0.2, 0.25) is 5.09 Å². The van der Waals surface area contributed by atoms with Gasteiger partial charge in [-0.3, -0.25) is 9.59 Å². The third-order valence-corrected chi connectivity index (χ3v) is 5.17. The number of carboxylic acid groups (broad SMARTS) is 1. The van der Waals surface area contributed by atoms with Crippen LogP contribution < -0.4 is 10.1 Å². The first-order valence-electron chi connectivity index (χ1n) is 7.97. The standard InChI is InChI=1S/C17H20N2O7S/c1-19(2)27(23,24)16-10-12(11-26-16)17(22)18-13-5-7-14(8-6-13)25-9-3-4-15(20)21/h5-8,10-11H,3-4,9H2,1-2H3,(H,18,22)(H,20,21). The molecule has 0 fully saturated rings. The molecule has 0 aliphatic carbocycles. The highest BCUT2D eigenvalue weighted by Crippen LogP contribution is 2.20. The van der Waals surface area contributed by atoms with Crippen molar-refractivity contribution in [1.29, 1.82) is 0 Å². The van der Waals surface area contributed by atoms with Gasteiger partial charge in [0.25, 0.3) is 15.9 Å². The summed E-state index contributed by atoms with van der Waals surface area (Å²) < 4.78 is 35.3. The van der Waals surface area contributed by atoms with E-state index >= 15 is 0 Å². The number of carboxylic acids is 1. The lowest BCUT2D eigenvalue weighted by Gasteiger charge is -2.08. The molecule has 2 rings (SSSR count). The summed E-state index contributed by atoms with van der Waals surface area (Å²) in [7, 11) is -1.02. The molecule has 0 aliphatic heterocycles. The van der Waals surface area contributed by atoms with Gasteiger partial charge >= 0.3 is 5.97 Å². The Hall–Kier alpha value is -2.85. The van der Waals surface area contributed by atoms with Crippen molar-refractivity contribution in [2.24, 2.45) is 0 Å². The fourth-order valence-electron chi connectivity index (χ4n) is 2.00. The predicted octanol–water partition coefficient (Wildman–Crippen LogP) is 2.03. The maximum Gasteiger partial charge on any atom is 0.303 e. The fraction of sp³-hybridized carbons (Fsp3) is 0.294. The lowest BCUT2D eigenvalue weighted by atomic mass is 10.2. The highest BCUT2D eigenvalue weighted by Gasteiger charge is 2.23. The minimum atomic E-state index is -3.75. The van der Waals surface area contributed by atoms with Crippen LogP contribution in [0.25, 0.3) is 0 Å². The summed E-state index contributed by atoms with van der Waals surface area (Å²) in [6, 6.07) is 7.65. The number of sulfonamides is 1. The van der Waals surface area contributed by atoms with E-state index in [-0.39, 0.29) is 23.7 Å². The predicted molar refractivity (Wildman–Crippen MR) is 96.3 cm³/mol. The van der Waals surface area contributed by atoms with E-state index < -0.39 is 21.9 Å². The molecule has 10 heteroatoms. The van der Waals surface area contributed by atoms with Crippen LogP contribution in [0.15, 0.2) is 46.1 Å². The van der Waals surface area contributed by atoms with Crippen molar-refractivity contribution in [2.45, 2.75) is 17.9 Å².